The maximum absolute atomic E-state index is 12.3. The van der Waals surface area contributed by atoms with E-state index in [-0.39, 0.29) is 11.5 Å². The summed E-state index contributed by atoms with van der Waals surface area (Å²) >= 11 is 3.00. The number of aryl methyl sites for hydroxylation is 1. The monoisotopic (exact) mass is 314 g/mol. The van der Waals surface area contributed by atoms with E-state index in [9.17, 15) is 14.7 Å². The van der Waals surface area contributed by atoms with E-state index in [4.69, 9.17) is 0 Å². The van der Waals surface area contributed by atoms with Gasteiger partial charge in [0.25, 0.3) is 0 Å². The molecule has 2 rings (SSSR count). The topological polar surface area (TPSA) is 70.5 Å². The Balaban J connectivity index is 2.08. The molecule has 1 saturated heterocycles. The van der Waals surface area contributed by atoms with Crippen LogP contribution in [-0.2, 0) is 4.79 Å². The SMILES string of the molecule is Cc1nsc(N(C)C(=O)CC2CCSCC2)c1C(=O)O. The first-order valence-electron chi connectivity index (χ1n) is 6.54. The molecule has 0 unspecified atom stereocenters. The predicted octanol–water partition coefficient (Wildman–Crippen LogP) is 2.65. The van der Waals surface area contributed by atoms with Gasteiger partial charge in [-0.25, -0.2) is 4.79 Å². The smallest absolute Gasteiger partial charge is 0.340 e. The van der Waals surface area contributed by atoms with Crippen molar-refractivity contribution in [3.8, 4) is 0 Å². The summed E-state index contributed by atoms with van der Waals surface area (Å²) in [6.45, 7) is 1.65. The van der Waals surface area contributed by atoms with Crippen LogP contribution >= 0.6 is 23.3 Å². The highest BCUT2D eigenvalue weighted by atomic mass is 32.2. The number of aromatic nitrogens is 1. The van der Waals surface area contributed by atoms with Crippen molar-refractivity contribution < 1.29 is 14.7 Å². The fraction of sp³-hybridized carbons (Fsp3) is 0.615. The first-order chi connectivity index (χ1) is 9.50. The Morgan fingerprint density at radius 3 is 2.65 bits per heavy atom. The van der Waals surface area contributed by atoms with Gasteiger partial charge in [0.2, 0.25) is 5.91 Å². The van der Waals surface area contributed by atoms with Crippen molar-refractivity contribution in [2.24, 2.45) is 5.92 Å². The van der Waals surface area contributed by atoms with Gasteiger partial charge in [0.1, 0.15) is 10.6 Å². The van der Waals surface area contributed by atoms with E-state index in [0.717, 1.165) is 35.9 Å². The molecule has 0 saturated carbocycles. The molecule has 1 amide bonds. The van der Waals surface area contributed by atoms with E-state index in [2.05, 4.69) is 4.37 Å². The lowest BCUT2D eigenvalue weighted by molar-refractivity contribution is -0.119. The largest absolute Gasteiger partial charge is 0.478 e. The van der Waals surface area contributed by atoms with Crippen LogP contribution in [0.25, 0.3) is 0 Å². The van der Waals surface area contributed by atoms with E-state index in [0.29, 0.717) is 23.0 Å². The number of hydrogen-bond donors (Lipinski definition) is 1. The Kier molecular flexibility index (Phi) is 5.04. The van der Waals surface area contributed by atoms with Crippen LogP contribution in [0.15, 0.2) is 0 Å². The average molecular weight is 314 g/mol. The van der Waals surface area contributed by atoms with Crippen molar-refractivity contribution >= 4 is 40.2 Å². The second-order valence-corrected chi connectivity index (χ2v) is 6.94. The molecule has 0 aromatic carbocycles. The van der Waals surface area contributed by atoms with Crippen molar-refractivity contribution in [2.45, 2.75) is 26.2 Å². The first-order valence-corrected chi connectivity index (χ1v) is 8.47. The molecule has 20 heavy (non-hydrogen) atoms. The highest BCUT2D eigenvalue weighted by molar-refractivity contribution is 7.99. The average Bonchev–Trinajstić information content (AvgIpc) is 2.81. The molecule has 7 heteroatoms. The number of anilines is 1. The van der Waals surface area contributed by atoms with Crippen molar-refractivity contribution in [1.82, 2.24) is 4.37 Å². The molecular weight excluding hydrogens is 296 g/mol. The quantitative estimate of drug-likeness (QED) is 0.925. The molecule has 0 spiro atoms. The van der Waals surface area contributed by atoms with Crippen LogP contribution in [0.4, 0.5) is 5.00 Å². The number of thioether (sulfide) groups is 1. The molecule has 0 aliphatic carbocycles. The van der Waals surface area contributed by atoms with Gasteiger partial charge >= 0.3 is 5.97 Å². The predicted molar refractivity (Wildman–Crippen MR) is 81.9 cm³/mol. The molecule has 1 aliphatic rings. The summed E-state index contributed by atoms with van der Waals surface area (Å²) in [5.41, 5.74) is 0.608. The van der Waals surface area contributed by atoms with Gasteiger partial charge in [-0.2, -0.15) is 16.1 Å². The summed E-state index contributed by atoms with van der Waals surface area (Å²) in [5.74, 6) is 1.60. The minimum Gasteiger partial charge on any atom is -0.478 e. The minimum absolute atomic E-state index is 0.0203. The molecule has 0 radical (unpaired) electrons. The first kappa shape index (κ1) is 15.3. The van der Waals surface area contributed by atoms with Crippen LogP contribution in [0.5, 0.6) is 0 Å². The van der Waals surface area contributed by atoms with Crippen LogP contribution in [0, 0.1) is 12.8 Å². The fourth-order valence-electron chi connectivity index (χ4n) is 2.28. The summed E-state index contributed by atoms with van der Waals surface area (Å²) in [5, 5.41) is 9.65. The van der Waals surface area contributed by atoms with Crippen molar-refractivity contribution in [2.75, 3.05) is 23.5 Å². The van der Waals surface area contributed by atoms with Crippen molar-refractivity contribution in [1.29, 1.82) is 0 Å². The lowest BCUT2D eigenvalue weighted by atomic mass is 9.98. The number of amides is 1. The van der Waals surface area contributed by atoms with Gasteiger partial charge in [-0.15, -0.1) is 0 Å². The number of carboxylic acid groups (broad SMARTS) is 1. The third kappa shape index (κ3) is 3.32. The molecule has 1 aliphatic heterocycles. The second kappa shape index (κ2) is 6.58. The number of hydrogen-bond acceptors (Lipinski definition) is 5. The summed E-state index contributed by atoms with van der Waals surface area (Å²) in [6.07, 6.45) is 2.63. The molecular formula is C13H18N2O3S2. The van der Waals surface area contributed by atoms with Crippen molar-refractivity contribution in [3.05, 3.63) is 11.3 Å². The summed E-state index contributed by atoms with van der Waals surface area (Å²) in [4.78, 5) is 25.0. The van der Waals surface area contributed by atoms with Crippen LogP contribution in [-0.4, -0.2) is 39.9 Å². The lowest BCUT2D eigenvalue weighted by Gasteiger charge is -2.23. The zero-order chi connectivity index (χ0) is 14.7. The standard InChI is InChI=1S/C13H18N2O3S2/c1-8-11(13(17)18)12(20-14-8)15(2)10(16)7-9-3-5-19-6-4-9/h9H,3-7H2,1-2H3,(H,17,18). The number of carbonyl (C=O) groups excluding carboxylic acids is 1. The third-order valence-corrected chi connectivity index (χ3v) is 5.61. The Morgan fingerprint density at radius 2 is 2.05 bits per heavy atom. The van der Waals surface area contributed by atoms with Crippen LogP contribution < -0.4 is 4.90 Å². The molecule has 5 nitrogen and oxygen atoms in total. The van der Waals surface area contributed by atoms with Gasteiger partial charge in [0, 0.05) is 13.5 Å². The number of rotatable bonds is 4. The van der Waals surface area contributed by atoms with E-state index in [1.54, 1.807) is 14.0 Å². The minimum atomic E-state index is -1.03. The highest BCUT2D eigenvalue weighted by Crippen LogP contribution is 2.30. The molecule has 1 fully saturated rings. The number of carboxylic acids is 1. The van der Waals surface area contributed by atoms with Crippen LogP contribution in [0.1, 0.15) is 35.3 Å². The van der Waals surface area contributed by atoms with Gasteiger partial charge in [-0.1, -0.05) is 0 Å². The number of carbonyl (C=O) groups is 2. The van der Waals surface area contributed by atoms with E-state index >= 15 is 0 Å². The Labute approximate surface area is 126 Å². The van der Waals surface area contributed by atoms with Gasteiger partial charge in [0.05, 0.1) is 5.69 Å². The van der Waals surface area contributed by atoms with Crippen LogP contribution in [0.2, 0.25) is 0 Å². The maximum atomic E-state index is 12.3. The van der Waals surface area contributed by atoms with Gasteiger partial charge in [-0.05, 0) is 48.7 Å². The molecule has 0 atom stereocenters. The van der Waals surface area contributed by atoms with E-state index < -0.39 is 5.97 Å². The molecule has 1 aromatic rings. The number of nitrogens with zero attached hydrogens (tertiary/aromatic N) is 2. The summed E-state index contributed by atoms with van der Waals surface area (Å²) < 4.78 is 4.05. The third-order valence-electron chi connectivity index (χ3n) is 3.54. The highest BCUT2D eigenvalue weighted by Gasteiger charge is 2.26. The van der Waals surface area contributed by atoms with Crippen LogP contribution in [0.3, 0.4) is 0 Å². The van der Waals surface area contributed by atoms with Gasteiger partial charge < -0.3 is 10.0 Å². The molecule has 1 aromatic heterocycles. The zero-order valence-electron chi connectivity index (χ0n) is 11.6. The summed E-state index contributed by atoms with van der Waals surface area (Å²) in [6, 6.07) is 0. The normalized spacial score (nSPS) is 16.1. The molecule has 110 valence electrons. The lowest BCUT2D eigenvalue weighted by Crippen LogP contribution is -2.29. The summed E-state index contributed by atoms with van der Waals surface area (Å²) in [7, 11) is 1.64. The molecule has 0 bridgehead atoms. The Hall–Kier alpha value is -1.08. The second-order valence-electron chi connectivity index (χ2n) is 4.97. The van der Waals surface area contributed by atoms with E-state index in [1.807, 2.05) is 11.8 Å². The van der Waals surface area contributed by atoms with Gasteiger partial charge in [0.15, 0.2) is 0 Å². The van der Waals surface area contributed by atoms with Gasteiger partial charge in [-0.3, -0.25) is 4.79 Å². The Bertz CT molecular complexity index is 510. The Morgan fingerprint density at radius 1 is 1.40 bits per heavy atom. The maximum Gasteiger partial charge on any atom is 0.340 e. The number of aromatic carboxylic acids is 1. The molecule has 2 heterocycles. The molecule has 1 N–H and O–H groups in total. The zero-order valence-corrected chi connectivity index (χ0v) is 13.2. The fourth-order valence-corrected chi connectivity index (χ4v) is 4.35. The van der Waals surface area contributed by atoms with Crippen molar-refractivity contribution in [3.63, 3.8) is 0 Å². The van der Waals surface area contributed by atoms with E-state index in [1.165, 1.54) is 4.90 Å².